The minimum absolute atomic E-state index is 0.247. The summed E-state index contributed by atoms with van der Waals surface area (Å²) in [5.74, 6) is -0.424. The lowest BCUT2D eigenvalue weighted by molar-refractivity contribution is 0.627. The van der Waals surface area contributed by atoms with Crippen molar-refractivity contribution in [2.75, 3.05) is 5.32 Å². The molecule has 0 heterocycles. The second kappa shape index (κ2) is 5.60. The average Bonchev–Trinajstić information content (AvgIpc) is 2.35. The lowest BCUT2D eigenvalue weighted by Gasteiger charge is -2.12. The maximum Gasteiger partial charge on any atom is 0.125 e. The molecule has 2 rings (SSSR count). The van der Waals surface area contributed by atoms with Crippen LogP contribution in [0.15, 0.2) is 34.8 Å². The van der Waals surface area contributed by atoms with Crippen LogP contribution in [0.3, 0.4) is 0 Å². The van der Waals surface area contributed by atoms with Crippen LogP contribution in [-0.2, 0) is 0 Å². The van der Waals surface area contributed by atoms with E-state index >= 15 is 0 Å². The molecule has 0 saturated carbocycles. The highest BCUT2D eigenvalue weighted by Gasteiger charge is 2.10. The largest absolute Gasteiger partial charge is 0.352 e. The Bertz CT molecular complexity index is 657. The molecule has 96 valence electrons. The summed E-state index contributed by atoms with van der Waals surface area (Å²) in [4.78, 5) is 0. The molecule has 0 aromatic heterocycles. The Hall–Kier alpha value is -1.57. The van der Waals surface area contributed by atoms with E-state index in [4.69, 9.17) is 16.9 Å². The molecule has 0 radical (unpaired) electrons. The van der Waals surface area contributed by atoms with Gasteiger partial charge >= 0.3 is 0 Å². The van der Waals surface area contributed by atoms with E-state index in [1.54, 1.807) is 12.1 Å². The number of aryl methyl sites for hydroxylation is 1. The smallest absolute Gasteiger partial charge is 0.125 e. The molecule has 0 fully saturated rings. The number of nitriles is 1. The van der Waals surface area contributed by atoms with Crippen LogP contribution in [0, 0.1) is 24.1 Å². The van der Waals surface area contributed by atoms with Crippen LogP contribution in [0.5, 0.6) is 0 Å². The number of halogens is 3. The second-order valence-electron chi connectivity index (χ2n) is 4.03. The Morgan fingerprint density at radius 3 is 2.68 bits per heavy atom. The van der Waals surface area contributed by atoms with Gasteiger partial charge in [0.2, 0.25) is 0 Å². The van der Waals surface area contributed by atoms with Crippen molar-refractivity contribution < 1.29 is 4.39 Å². The van der Waals surface area contributed by atoms with Gasteiger partial charge in [-0.2, -0.15) is 5.26 Å². The maximum atomic E-state index is 13.2. The zero-order chi connectivity index (χ0) is 14.0. The molecule has 0 unspecified atom stereocenters. The predicted octanol–water partition coefficient (Wildman–Crippen LogP) is 5.17. The van der Waals surface area contributed by atoms with Crippen molar-refractivity contribution in [3.8, 4) is 6.07 Å². The Morgan fingerprint density at radius 1 is 1.32 bits per heavy atom. The van der Waals surface area contributed by atoms with Gasteiger partial charge in [0.1, 0.15) is 11.9 Å². The lowest BCUT2D eigenvalue weighted by Crippen LogP contribution is -1.96. The molecule has 2 aromatic carbocycles. The predicted molar refractivity (Wildman–Crippen MR) is 78.3 cm³/mol. The number of anilines is 2. The van der Waals surface area contributed by atoms with E-state index in [0.717, 1.165) is 5.56 Å². The quantitative estimate of drug-likeness (QED) is 0.819. The van der Waals surface area contributed by atoms with Crippen LogP contribution in [0.4, 0.5) is 15.8 Å². The molecule has 0 spiro atoms. The van der Waals surface area contributed by atoms with Crippen LogP contribution >= 0.6 is 27.5 Å². The van der Waals surface area contributed by atoms with Gasteiger partial charge in [-0.25, -0.2) is 4.39 Å². The Labute approximate surface area is 123 Å². The van der Waals surface area contributed by atoms with Crippen molar-refractivity contribution in [2.45, 2.75) is 6.92 Å². The summed E-state index contributed by atoms with van der Waals surface area (Å²) in [7, 11) is 0. The van der Waals surface area contributed by atoms with Gasteiger partial charge < -0.3 is 5.32 Å². The van der Waals surface area contributed by atoms with E-state index in [9.17, 15) is 4.39 Å². The molecular formula is C14H9BrClFN2. The minimum Gasteiger partial charge on any atom is -0.352 e. The first-order chi connectivity index (χ1) is 9.01. The number of hydrogen-bond acceptors (Lipinski definition) is 2. The molecule has 1 N–H and O–H groups in total. The fraction of sp³-hybridized carbons (Fsp3) is 0.0714. The third-order valence-electron chi connectivity index (χ3n) is 2.56. The molecule has 5 heteroatoms. The molecule has 0 aliphatic rings. The first-order valence-corrected chi connectivity index (χ1v) is 6.60. The molecule has 0 aliphatic heterocycles. The van der Waals surface area contributed by atoms with E-state index in [1.807, 2.05) is 13.0 Å². The summed E-state index contributed by atoms with van der Waals surface area (Å²) >= 11 is 9.24. The van der Waals surface area contributed by atoms with E-state index in [2.05, 4.69) is 27.3 Å². The van der Waals surface area contributed by atoms with Gasteiger partial charge in [0.25, 0.3) is 0 Å². The van der Waals surface area contributed by atoms with Gasteiger partial charge in [-0.05, 0) is 52.7 Å². The summed E-state index contributed by atoms with van der Waals surface area (Å²) < 4.78 is 13.7. The summed E-state index contributed by atoms with van der Waals surface area (Å²) in [6.45, 7) is 1.91. The molecule has 0 aliphatic carbocycles. The van der Waals surface area contributed by atoms with Crippen LogP contribution < -0.4 is 5.32 Å². The molecule has 0 amide bonds. The Kier molecular flexibility index (Phi) is 4.08. The molecule has 2 aromatic rings. The monoisotopic (exact) mass is 338 g/mol. The van der Waals surface area contributed by atoms with Gasteiger partial charge in [-0.3, -0.25) is 0 Å². The minimum atomic E-state index is -0.424. The fourth-order valence-corrected chi connectivity index (χ4v) is 2.55. The third kappa shape index (κ3) is 3.06. The van der Waals surface area contributed by atoms with E-state index in [-0.39, 0.29) is 5.02 Å². The number of benzene rings is 2. The number of rotatable bonds is 2. The Morgan fingerprint density at radius 2 is 2.05 bits per heavy atom. The third-order valence-corrected chi connectivity index (χ3v) is 3.49. The highest BCUT2D eigenvalue weighted by Crippen LogP contribution is 2.34. The van der Waals surface area contributed by atoms with E-state index in [0.29, 0.717) is 21.4 Å². The van der Waals surface area contributed by atoms with Gasteiger partial charge in [-0.15, -0.1) is 0 Å². The second-order valence-corrected chi connectivity index (χ2v) is 5.29. The van der Waals surface area contributed by atoms with E-state index in [1.165, 1.54) is 12.1 Å². The van der Waals surface area contributed by atoms with Crippen LogP contribution in [-0.4, -0.2) is 0 Å². The summed E-state index contributed by atoms with van der Waals surface area (Å²) in [5.41, 5.74) is 2.66. The normalized spacial score (nSPS) is 10.1. The molecule has 19 heavy (non-hydrogen) atoms. The van der Waals surface area contributed by atoms with E-state index < -0.39 is 5.82 Å². The van der Waals surface area contributed by atoms with Gasteiger partial charge in [0.05, 0.1) is 22.0 Å². The first kappa shape index (κ1) is 13.9. The van der Waals surface area contributed by atoms with Crippen molar-refractivity contribution in [1.29, 1.82) is 5.26 Å². The van der Waals surface area contributed by atoms with Crippen LogP contribution in [0.25, 0.3) is 0 Å². The zero-order valence-electron chi connectivity index (χ0n) is 9.97. The van der Waals surface area contributed by atoms with Crippen molar-refractivity contribution >= 4 is 38.9 Å². The summed E-state index contributed by atoms with van der Waals surface area (Å²) in [6.07, 6.45) is 0. The average molecular weight is 340 g/mol. The van der Waals surface area contributed by atoms with Crippen molar-refractivity contribution in [3.63, 3.8) is 0 Å². The molecule has 0 atom stereocenters. The Balaban J connectivity index is 2.45. The lowest BCUT2D eigenvalue weighted by atomic mass is 10.1. The van der Waals surface area contributed by atoms with Gasteiger partial charge in [-0.1, -0.05) is 17.7 Å². The molecule has 2 nitrogen and oxygen atoms in total. The fourth-order valence-electron chi connectivity index (χ4n) is 1.66. The van der Waals surface area contributed by atoms with Crippen LogP contribution in [0.1, 0.15) is 11.1 Å². The van der Waals surface area contributed by atoms with Gasteiger partial charge in [0, 0.05) is 4.47 Å². The van der Waals surface area contributed by atoms with Crippen molar-refractivity contribution in [3.05, 3.63) is 56.8 Å². The zero-order valence-corrected chi connectivity index (χ0v) is 12.3. The number of nitrogens with zero attached hydrogens (tertiary/aromatic N) is 1. The van der Waals surface area contributed by atoms with Crippen LogP contribution in [0.2, 0.25) is 5.02 Å². The number of nitrogens with one attached hydrogen (secondary N) is 1. The maximum absolute atomic E-state index is 13.2. The van der Waals surface area contributed by atoms with Crippen molar-refractivity contribution in [2.24, 2.45) is 0 Å². The summed E-state index contributed by atoms with van der Waals surface area (Å²) in [5, 5.41) is 12.4. The molecule has 0 bridgehead atoms. The topological polar surface area (TPSA) is 35.8 Å². The highest BCUT2D eigenvalue weighted by molar-refractivity contribution is 9.10. The first-order valence-electron chi connectivity index (χ1n) is 5.43. The highest BCUT2D eigenvalue weighted by atomic mass is 79.9. The van der Waals surface area contributed by atoms with Gasteiger partial charge in [0.15, 0.2) is 0 Å². The SMILES string of the molecule is Cc1ccc(Nc2c(Cl)cc(F)cc2Br)c(C#N)c1. The summed E-state index contributed by atoms with van der Waals surface area (Å²) in [6, 6.07) is 10.1. The molecular weight excluding hydrogens is 331 g/mol. The standard InChI is InChI=1S/C14H9BrClFN2/c1-8-2-3-13(9(4-8)7-18)19-14-11(15)5-10(17)6-12(14)16/h2-6,19H,1H3. The molecule has 0 saturated heterocycles. The number of hydrogen-bond donors (Lipinski definition) is 1. The van der Waals surface area contributed by atoms with Crippen molar-refractivity contribution in [1.82, 2.24) is 0 Å².